The highest BCUT2D eigenvalue weighted by Crippen LogP contribution is 2.70. The van der Waals surface area contributed by atoms with E-state index in [1.54, 1.807) is 13.0 Å². The van der Waals surface area contributed by atoms with Crippen LogP contribution in [0, 0.1) is 28.6 Å². The van der Waals surface area contributed by atoms with Crippen molar-refractivity contribution < 1.29 is 28.9 Å². The number of methoxy groups -OCH3 is 1. The molecule has 29 heavy (non-hydrogen) atoms. The number of aliphatic hydroxyl groups is 2. The van der Waals surface area contributed by atoms with Crippen LogP contribution in [-0.4, -0.2) is 52.9 Å². The van der Waals surface area contributed by atoms with Crippen LogP contribution >= 0.6 is 0 Å². The maximum atomic E-state index is 16.9. The minimum atomic E-state index is -1.95. The summed E-state index contributed by atoms with van der Waals surface area (Å²) in [6, 6.07) is 0. The molecule has 0 spiro atoms. The maximum absolute atomic E-state index is 16.9. The van der Waals surface area contributed by atoms with Crippen molar-refractivity contribution in [2.24, 2.45) is 28.6 Å². The number of carbonyl (C=O) groups is 2. The minimum Gasteiger partial charge on any atom is -0.390 e. The highest BCUT2D eigenvalue weighted by Gasteiger charge is 2.75. The summed E-state index contributed by atoms with van der Waals surface area (Å²) in [6.07, 6.45) is 4.72. The molecule has 2 unspecified atom stereocenters. The predicted octanol–water partition coefficient (Wildman–Crippen LogP) is 2.55. The molecule has 0 heterocycles. The van der Waals surface area contributed by atoms with Crippen molar-refractivity contribution in [1.82, 2.24) is 0 Å². The molecule has 5 nitrogen and oxygen atoms in total. The predicted molar refractivity (Wildman–Crippen MR) is 105 cm³/mol. The van der Waals surface area contributed by atoms with Crippen molar-refractivity contribution in [3.63, 3.8) is 0 Å². The first-order valence-electron chi connectivity index (χ1n) is 10.5. The van der Waals surface area contributed by atoms with Gasteiger partial charge in [-0.3, -0.25) is 9.59 Å². The fourth-order valence-corrected chi connectivity index (χ4v) is 7.38. The Morgan fingerprint density at radius 2 is 2.03 bits per heavy atom. The van der Waals surface area contributed by atoms with Crippen molar-refractivity contribution in [3.05, 3.63) is 23.8 Å². The van der Waals surface area contributed by atoms with Crippen LogP contribution in [0.2, 0.25) is 0 Å². The first-order valence-corrected chi connectivity index (χ1v) is 10.5. The fourth-order valence-electron chi connectivity index (χ4n) is 7.38. The van der Waals surface area contributed by atoms with Gasteiger partial charge in [-0.25, -0.2) is 4.39 Å². The molecule has 0 saturated heterocycles. The van der Waals surface area contributed by atoms with Gasteiger partial charge in [0.2, 0.25) is 0 Å². The molecule has 3 fully saturated rings. The molecule has 6 heteroatoms. The number of ketones is 2. The van der Waals surface area contributed by atoms with Gasteiger partial charge in [0.15, 0.2) is 17.2 Å². The maximum Gasteiger partial charge on any atom is 0.190 e. The lowest BCUT2D eigenvalue weighted by Crippen LogP contribution is -2.69. The molecule has 4 aliphatic carbocycles. The Bertz CT molecular complexity index is 820. The zero-order valence-electron chi connectivity index (χ0n) is 17.6. The van der Waals surface area contributed by atoms with E-state index in [0.717, 1.165) is 5.57 Å². The second-order valence-electron chi connectivity index (χ2n) is 10.0. The van der Waals surface area contributed by atoms with Gasteiger partial charge >= 0.3 is 0 Å². The third-order valence-electron chi connectivity index (χ3n) is 8.92. The van der Waals surface area contributed by atoms with E-state index in [1.807, 2.05) is 13.8 Å². The summed E-state index contributed by atoms with van der Waals surface area (Å²) < 4.78 is 22.0. The molecule has 0 amide bonds. The van der Waals surface area contributed by atoms with Crippen LogP contribution in [0.1, 0.15) is 46.5 Å². The zero-order chi connectivity index (χ0) is 21.4. The van der Waals surface area contributed by atoms with Gasteiger partial charge in [-0.05, 0) is 56.6 Å². The van der Waals surface area contributed by atoms with Crippen molar-refractivity contribution in [1.29, 1.82) is 0 Å². The van der Waals surface area contributed by atoms with Crippen molar-refractivity contribution in [2.75, 3.05) is 13.7 Å². The number of carbonyl (C=O) groups excluding carboxylic acids is 2. The van der Waals surface area contributed by atoms with E-state index in [-0.39, 0.29) is 30.6 Å². The number of rotatable bonds is 3. The fraction of sp³-hybridized carbons (Fsp3) is 0.739. The van der Waals surface area contributed by atoms with Gasteiger partial charge < -0.3 is 14.9 Å². The normalized spacial score (nSPS) is 51.1. The lowest BCUT2D eigenvalue weighted by Gasteiger charge is -2.62. The summed E-state index contributed by atoms with van der Waals surface area (Å²) in [5.74, 6) is -1.67. The third kappa shape index (κ3) is 2.31. The molecule has 4 aliphatic rings. The monoisotopic (exact) mass is 406 g/mol. The lowest BCUT2D eigenvalue weighted by molar-refractivity contribution is -0.219. The van der Waals surface area contributed by atoms with Crippen LogP contribution in [0.3, 0.4) is 0 Å². The standard InChI is InChI=1S/C23H31FO5/c1-13-9-17-16-6-5-14-10-15(25)7-8-20(14,2)22(16,24)18(26)11-21(17,3)23(13,28)19(27)12-29-4/h7-8,10,13,16-18,26,28H,5-6,9,11-12H2,1-4H3/t13-,16?,17?,18+,20+,21+,22+,23+/m1/s1. The van der Waals surface area contributed by atoms with Crippen LogP contribution in [0.4, 0.5) is 4.39 Å². The van der Waals surface area contributed by atoms with E-state index in [2.05, 4.69) is 0 Å². The smallest absolute Gasteiger partial charge is 0.190 e. The molecule has 0 aromatic carbocycles. The summed E-state index contributed by atoms with van der Waals surface area (Å²) in [6.45, 7) is 5.21. The first kappa shape index (κ1) is 20.9. The number of alkyl halides is 1. The van der Waals surface area contributed by atoms with E-state index in [1.165, 1.54) is 19.3 Å². The van der Waals surface area contributed by atoms with E-state index in [0.29, 0.717) is 19.3 Å². The molecule has 0 aliphatic heterocycles. The largest absolute Gasteiger partial charge is 0.390 e. The topological polar surface area (TPSA) is 83.8 Å². The average molecular weight is 406 g/mol. The Morgan fingerprint density at radius 3 is 2.69 bits per heavy atom. The highest BCUT2D eigenvalue weighted by molar-refractivity contribution is 6.01. The molecular formula is C23H31FO5. The van der Waals surface area contributed by atoms with Crippen LogP contribution in [-0.2, 0) is 14.3 Å². The number of fused-ring (bicyclic) bond motifs is 5. The SMILES string of the molecule is COCC(=O)[C@@]1(O)[C@H](C)CC2C3CCC4=CC(=O)C=C[C@]4(C)[C@@]3(F)[C@@H](O)C[C@@]21C. The Balaban J connectivity index is 1.81. The second-order valence-corrected chi connectivity index (χ2v) is 10.0. The molecule has 8 atom stereocenters. The van der Waals surface area contributed by atoms with Gasteiger partial charge in [0.25, 0.3) is 0 Å². The van der Waals surface area contributed by atoms with Gasteiger partial charge in [-0.1, -0.05) is 25.5 Å². The Hall–Kier alpha value is -1.37. The molecule has 0 bridgehead atoms. The van der Waals surface area contributed by atoms with Gasteiger partial charge in [0.1, 0.15) is 12.2 Å². The van der Waals surface area contributed by atoms with E-state index in [9.17, 15) is 19.8 Å². The van der Waals surface area contributed by atoms with Crippen LogP contribution in [0.25, 0.3) is 0 Å². The molecule has 0 aromatic rings. The molecule has 3 saturated carbocycles. The average Bonchev–Trinajstić information content (AvgIpc) is 2.85. The first-order chi connectivity index (χ1) is 13.5. The van der Waals surface area contributed by atoms with Gasteiger partial charge in [-0.15, -0.1) is 0 Å². The van der Waals surface area contributed by atoms with Crippen LogP contribution in [0.5, 0.6) is 0 Å². The van der Waals surface area contributed by atoms with Crippen molar-refractivity contribution >= 4 is 11.6 Å². The summed E-state index contributed by atoms with van der Waals surface area (Å²) >= 11 is 0. The van der Waals surface area contributed by atoms with E-state index < -0.39 is 39.9 Å². The van der Waals surface area contributed by atoms with Crippen LogP contribution in [0.15, 0.2) is 23.8 Å². The summed E-state index contributed by atoms with van der Waals surface area (Å²) in [4.78, 5) is 24.8. The minimum absolute atomic E-state index is 0.00832. The second kappa shape index (κ2) is 6.32. The number of ether oxygens (including phenoxy) is 1. The quantitative estimate of drug-likeness (QED) is 0.753. The van der Waals surface area contributed by atoms with Gasteiger partial charge in [0.05, 0.1) is 6.10 Å². The number of allylic oxidation sites excluding steroid dienone is 4. The number of halogens is 1. The van der Waals surface area contributed by atoms with Gasteiger partial charge in [0, 0.05) is 23.9 Å². The van der Waals surface area contributed by atoms with Gasteiger partial charge in [-0.2, -0.15) is 0 Å². The molecule has 160 valence electrons. The number of aliphatic hydroxyl groups excluding tert-OH is 1. The Morgan fingerprint density at radius 1 is 1.34 bits per heavy atom. The molecule has 0 aromatic heterocycles. The number of hydrogen-bond acceptors (Lipinski definition) is 5. The van der Waals surface area contributed by atoms with Crippen molar-refractivity contribution in [2.45, 2.75) is 63.8 Å². The molecule has 0 radical (unpaired) electrons. The van der Waals surface area contributed by atoms with Crippen molar-refractivity contribution in [3.8, 4) is 0 Å². The molecule has 2 N–H and O–H groups in total. The van der Waals surface area contributed by atoms with Crippen LogP contribution < -0.4 is 0 Å². The molecule has 4 rings (SSSR count). The Kier molecular flexibility index (Phi) is 4.55. The van der Waals surface area contributed by atoms with E-state index >= 15 is 4.39 Å². The zero-order valence-corrected chi connectivity index (χ0v) is 17.6. The summed E-state index contributed by atoms with van der Waals surface area (Å²) in [7, 11) is 1.41. The lowest BCUT2D eigenvalue weighted by atomic mass is 9.44. The summed E-state index contributed by atoms with van der Waals surface area (Å²) in [5, 5.41) is 22.8. The summed E-state index contributed by atoms with van der Waals surface area (Å²) in [5.41, 5.74) is -4.89. The Labute approximate surface area is 171 Å². The third-order valence-corrected chi connectivity index (χ3v) is 8.92. The van der Waals surface area contributed by atoms with E-state index in [4.69, 9.17) is 4.74 Å². The number of hydrogen-bond donors (Lipinski definition) is 2. The highest BCUT2D eigenvalue weighted by atomic mass is 19.1. The number of Topliss-reactive ketones (excluding diaryl/α,β-unsaturated/α-hetero) is 1. The molecular weight excluding hydrogens is 375 g/mol.